The summed E-state index contributed by atoms with van der Waals surface area (Å²) in [6.45, 7) is 11.8. The van der Waals surface area contributed by atoms with Crippen molar-refractivity contribution >= 4 is 45.5 Å². The molecule has 0 spiro atoms. The lowest BCUT2D eigenvalue weighted by Crippen LogP contribution is -2.44. The first-order chi connectivity index (χ1) is 17.6. The zero-order valence-corrected chi connectivity index (χ0v) is 23.3. The van der Waals surface area contributed by atoms with E-state index in [0.717, 1.165) is 60.2 Å². The van der Waals surface area contributed by atoms with Gasteiger partial charge in [-0.25, -0.2) is 9.19 Å². The molecule has 1 aliphatic heterocycles. The van der Waals surface area contributed by atoms with Gasteiger partial charge in [-0.2, -0.15) is 4.98 Å². The molecule has 1 unspecified atom stereocenters. The Kier molecular flexibility index (Phi) is 8.19. The van der Waals surface area contributed by atoms with Gasteiger partial charge in [-0.05, 0) is 65.1 Å². The molecule has 1 aromatic heterocycles. The van der Waals surface area contributed by atoms with Crippen LogP contribution in [0.3, 0.4) is 0 Å². The van der Waals surface area contributed by atoms with Crippen molar-refractivity contribution in [2.75, 3.05) is 60.6 Å². The highest BCUT2D eigenvalue weighted by atomic mass is 32.2. The van der Waals surface area contributed by atoms with E-state index in [0.29, 0.717) is 11.8 Å². The predicted molar refractivity (Wildman–Crippen MR) is 154 cm³/mol. The summed E-state index contributed by atoms with van der Waals surface area (Å²) in [5.74, 6) is 1.88. The molecule has 0 aliphatic carbocycles. The van der Waals surface area contributed by atoms with Gasteiger partial charge >= 0.3 is 0 Å². The Bertz CT molecular complexity index is 1250. The highest BCUT2D eigenvalue weighted by Gasteiger charge is 2.20. The number of aryl methyl sites for hydroxylation is 1. The summed E-state index contributed by atoms with van der Waals surface area (Å²) in [6.07, 6.45) is 1.78. The van der Waals surface area contributed by atoms with Crippen molar-refractivity contribution in [3.63, 3.8) is 0 Å². The van der Waals surface area contributed by atoms with E-state index < -0.39 is 11.0 Å². The third-order valence-corrected chi connectivity index (χ3v) is 7.70. The Morgan fingerprint density at radius 2 is 1.73 bits per heavy atom. The maximum Gasteiger partial charge on any atom is 0.229 e. The molecule has 198 valence electrons. The van der Waals surface area contributed by atoms with Crippen LogP contribution < -0.4 is 25.0 Å². The molecule has 10 heteroatoms. The average Bonchev–Trinajstić information content (AvgIpc) is 2.86. The number of nitrogens with one attached hydrogen (secondary N) is 3. The van der Waals surface area contributed by atoms with Crippen molar-refractivity contribution in [3.8, 4) is 5.75 Å². The van der Waals surface area contributed by atoms with Gasteiger partial charge in [0.2, 0.25) is 5.95 Å². The van der Waals surface area contributed by atoms with Crippen LogP contribution in [0, 0.1) is 6.92 Å². The summed E-state index contributed by atoms with van der Waals surface area (Å²) in [4.78, 5) is 13.9. The molecule has 2 heterocycles. The molecule has 3 aromatic rings. The molecular weight excluding hydrogens is 486 g/mol. The molecule has 9 nitrogen and oxygen atoms in total. The fourth-order valence-corrected chi connectivity index (χ4v) is 4.50. The van der Waals surface area contributed by atoms with Crippen molar-refractivity contribution in [2.45, 2.75) is 32.4 Å². The second-order valence-electron chi connectivity index (χ2n) is 10.2. The van der Waals surface area contributed by atoms with Crippen LogP contribution in [0.5, 0.6) is 5.75 Å². The van der Waals surface area contributed by atoms with Crippen molar-refractivity contribution < 1.29 is 8.95 Å². The minimum atomic E-state index is -1.21. The molecule has 37 heavy (non-hydrogen) atoms. The van der Waals surface area contributed by atoms with Gasteiger partial charge in [0, 0.05) is 61.1 Å². The second kappa shape index (κ2) is 11.4. The molecule has 0 saturated carbocycles. The summed E-state index contributed by atoms with van der Waals surface area (Å²) < 4.78 is 20.9. The summed E-state index contributed by atoms with van der Waals surface area (Å²) in [6, 6.07) is 13.8. The number of benzene rings is 2. The van der Waals surface area contributed by atoms with Crippen molar-refractivity contribution in [2.24, 2.45) is 0 Å². The van der Waals surface area contributed by atoms with E-state index in [1.165, 1.54) is 0 Å². The molecule has 1 atom stereocenters. The normalized spacial score (nSPS) is 15.2. The van der Waals surface area contributed by atoms with E-state index in [9.17, 15) is 4.21 Å². The molecule has 0 radical (unpaired) electrons. The maximum absolute atomic E-state index is 12.5. The van der Waals surface area contributed by atoms with E-state index >= 15 is 0 Å². The number of hydrogen-bond acceptors (Lipinski definition) is 8. The maximum atomic E-state index is 12.5. The molecule has 0 amide bonds. The van der Waals surface area contributed by atoms with Crippen LogP contribution in [0.2, 0.25) is 0 Å². The molecule has 2 aromatic carbocycles. The third kappa shape index (κ3) is 6.90. The number of likely N-dealkylation sites (N-methyl/N-ethyl adjacent to an activating group) is 1. The van der Waals surface area contributed by atoms with Crippen LogP contribution in [0.1, 0.15) is 26.3 Å². The standard InChI is InChI=1S/C27H37N7O2S/c1-19-18-28-26(30-23-11-10-22(17-24(23)36-6)34-14-12-33(5)13-15-34)31-25(19)29-20-8-7-9-21(16-20)32-37(35)27(2,3)4/h7-11,16-18,32H,12-15H2,1-6H3,(H2,28,29,30,31). The number of piperazine rings is 1. The first-order valence-electron chi connectivity index (χ1n) is 12.4. The first kappa shape index (κ1) is 26.7. The van der Waals surface area contributed by atoms with Crippen molar-refractivity contribution in [1.29, 1.82) is 0 Å². The number of nitrogens with zero attached hydrogens (tertiary/aromatic N) is 4. The quantitative estimate of drug-likeness (QED) is 0.384. The van der Waals surface area contributed by atoms with Gasteiger partial charge in [-0.3, -0.25) is 0 Å². The summed E-state index contributed by atoms with van der Waals surface area (Å²) in [5, 5.41) is 6.66. The van der Waals surface area contributed by atoms with Crippen LogP contribution in [0.25, 0.3) is 0 Å². The summed E-state index contributed by atoms with van der Waals surface area (Å²) in [5.41, 5.74) is 4.44. The topological polar surface area (TPSA) is 94.6 Å². The van der Waals surface area contributed by atoms with E-state index in [-0.39, 0.29) is 4.75 Å². The van der Waals surface area contributed by atoms with Crippen LogP contribution >= 0.6 is 0 Å². The lowest BCUT2D eigenvalue weighted by atomic mass is 10.2. The average molecular weight is 524 g/mol. The fraction of sp³-hybridized carbons (Fsp3) is 0.407. The smallest absolute Gasteiger partial charge is 0.229 e. The van der Waals surface area contributed by atoms with Gasteiger partial charge in [-0.15, -0.1) is 0 Å². The highest BCUT2D eigenvalue weighted by Crippen LogP contribution is 2.32. The number of aromatic nitrogens is 2. The number of hydrogen-bond donors (Lipinski definition) is 3. The zero-order chi connectivity index (χ0) is 26.6. The largest absolute Gasteiger partial charge is 0.494 e. The van der Waals surface area contributed by atoms with Gasteiger partial charge in [0.25, 0.3) is 0 Å². The van der Waals surface area contributed by atoms with Crippen molar-refractivity contribution in [1.82, 2.24) is 14.9 Å². The third-order valence-electron chi connectivity index (χ3n) is 6.16. The Morgan fingerprint density at radius 1 is 1.00 bits per heavy atom. The fourth-order valence-electron chi connectivity index (χ4n) is 3.85. The van der Waals surface area contributed by atoms with Gasteiger partial charge in [-0.1, -0.05) is 6.07 Å². The second-order valence-corrected chi connectivity index (χ2v) is 12.2. The molecule has 3 N–H and O–H groups in total. The molecular formula is C27H37N7O2S. The number of rotatable bonds is 8. The number of ether oxygens (including phenoxy) is 1. The monoisotopic (exact) mass is 523 g/mol. The Balaban J connectivity index is 1.49. The van der Waals surface area contributed by atoms with E-state index in [1.807, 2.05) is 58.0 Å². The SMILES string of the molecule is COc1cc(N2CCN(C)CC2)ccc1Nc1ncc(C)c(Nc2cccc(NS(=O)C(C)(C)C)c2)n1. The van der Waals surface area contributed by atoms with Crippen molar-refractivity contribution in [3.05, 3.63) is 54.2 Å². The lowest BCUT2D eigenvalue weighted by Gasteiger charge is -2.34. The lowest BCUT2D eigenvalue weighted by molar-refractivity contribution is 0.312. The molecule has 0 bridgehead atoms. The minimum absolute atomic E-state index is 0.364. The van der Waals surface area contributed by atoms with Gasteiger partial charge in [0.05, 0.1) is 17.5 Å². The Labute approximate surface area is 222 Å². The Hall–Kier alpha value is -3.37. The number of anilines is 6. The van der Waals surface area contributed by atoms with Gasteiger partial charge < -0.3 is 29.9 Å². The molecule has 4 rings (SSSR count). The van der Waals surface area contributed by atoms with E-state index in [4.69, 9.17) is 9.72 Å². The van der Waals surface area contributed by atoms with E-state index in [2.05, 4.69) is 49.3 Å². The van der Waals surface area contributed by atoms with Crippen LogP contribution in [0.15, 0.2) is 48.7 Å². The summed E-state index contributed by atoms with van der Waals surface area (Å²) >= 11 is 0. The predicted octanol–water partition coefficient (Wildman–Crippen LogP) is 4.91. The minimum Gasteiger partial charge on any atom is -0.494 e. The molecule has 1 saturated heterocycles. The van der Waals surface area contributed by atoms with E-state index in [1.54, 1.807) is 13.3 Å². The van der Waals surface area contributed by atoms with Crippen LogP contribution in [0.4, 0.5) is 34.5 Å². The van der Waals surface area contributed by atoms with Crippen LogP contribution in [-0.4, -0.2) is 64.2 Å². The highest BCUT2D eigenvalue weighted by molar-refractivity contribution is 7.87. The van der Waals surface area contributed by atoms with Gasteiger partial charge in [0.15, 0.2) is 0 Å². The van der Waals surface area contributed by atoms with Crippen LogP contribution in [-0.2, 0) is 11.0 Å². The molecule has 1 fully saturated rings. The first-order valence-corrected chi connectivity index (χ1v) is 13.5. The Morgan fingerprint density at radius 3 is 2.43 bits per heavy atom. The molecule has 1 aliphatic rings. The van der Waals surface area contributed by atoms with Gasteiger partial charge in [0.1, 0.15) is 22.6 Å². The summed E-state index contributed by atoms with van der Waals surface area (Å²) in [7, 11) is 2.61. The zero-order valence-electron chi connectivity index (χ0n) is 22.5. The number of methoxy groups -OCH3 is 1.